The fraction of sp³-hybridized carbons (Fsp3) is 0.370. The van der Waals surface area contributed by atoms with Crippen LogP contribution in [0, 0.1) is 0 Å². The summed E-state index contributed by atoms with van der Waals surface area (Å²) in [6.07, 6.45) is 0.659. The third kappa shape index (κ3) is 9.85. The predicted octanol–water partition coefficient (Wildman–Crippen LogP) is 1.44. The molecule has 0 heterocycles. The Morgan fingerprint density at radius 1 is 0.944 bits per heavy atom. The summed E-state index contributed by atoms with van der Waals surface area (Å²) >= 11 is 4.25. The van der Waals surface area contributed by atoms with E-state index in [9.17, 15) is 19.5 Å². The van der Waals surface area contributed by atoms with Crippen LogP contribution in [0.3, 0.4) is 0 Å². The highest BCUT2D eigenvalue weighted by Gasteiger charge is 2.29. The summed E-state index contributed by atoms with van der Waals surface area (Å²) in [5.41, 5.74) is 1.85. The first-order valence-corrected chi connectivity index (χ1v) is 12.4. The van der Waals surface area contributed by atoms with Crippen molar-refractivity contribution in [2.24, 2.45) is 0 Å². The molecule has 0 aromatic heterocycles. The van der Waals surface area contributed by atoms with Crippen molar-refractivity contribution in [1.29, 1.82) is 0 Å². The van der Waals surface area contributed by atoms with E-state index >= 15 is 0 Å². The van der Waals surface area contributed by atoms with E-state index in [1.54, 1.807) is 7.05 Å². The maximum absolute atomic E-state index is 13.1. The molecule has 0 aliphatic rings. The largest absolute Gasteiger partial charge is 0.461 e. The van der Waals surface area contributed by atoms with Crippen molar-refractivity contribution in [3.63, 3.8) is 0 Å². The number of amides is 2. The first-order valence-electron chi connectivity index (χ1n) is 11.8. The van der Waals surface area contributed by atoms with Crippen LogP contribution in [-0.2, 0) is 32.0 Å². The molecule has 0 radical (unpaired) electrons. The summed E-state index contributed by atoms with van der Waals surface area (Å²) in [5, 5.41) is 19.3. The molecule has 0 spiro atoms. The minimum atomic E-state index is -1.20. The molecule has 0 fully saturated rings. The van der Waals surface area contributed by atoms with Crippen LogP contribution in [0.15, 0.2) is 73.3 Å². The van der Waals surface area contributed by atoms with Gasteiger partial charge in [-0.3, -0.25) is 14.4 Å². The number of thiol groups is 1. The summed E-state index contributed by atoms with van der Waals surface area (Å²) in [4.78, 5) is 38.0. The number of ether oxygens (including phenoxy) is 1. The van der Waals surface area contributed by atoms with Crippen LogP contribution in [0.5, 0.6) is 0 Å². The monoisotopic (exact) mass is 513 g/mol. The van der Waals surface area contributed by atoms with Crippen molar-refractivity contribution in [3.05, 3.63) is 84.4 Å². The lowest BCUT2D eigenvalue weighted by molar-refractivity contribution is -0.145. The highest BCUT2D eigenvalue weighted by atomic mass is 32.1. The number of esters is 1. The van der Waals surface area contributed by atoms with Crippen molar-refractivity contribution < 1.29 is 24.2 Å². The molecule has 36 heavy (non-hydrogen) atoms. The van der Waals surface area contributed by atoms with Crippen LogP contribution in [0.25, 0.3) is 0 Å². The number of benzene rings is 2. The molecule has 0 aliphatic carbocycles. The molecule has 4 N–H and O–H groups in total. The topological polar surface area (TPSA) is 117 Å². The summed E-state index contributed by atoms with van der Waals surface area (Å²) < 4.78 is 4.97. The average Bonchev–Trinajstić information content (AvgIpc) is 2.89. The molecule has 2 rings (SSSR count). The quantitative estimate of drug-likeness (QED) is 0.140. The Bertz CT molecular complexity index is 974. The van der Waals surface area contributed by atoms with Gasteiger partial charge < -0.3 is 25.8 Å². The molecular formula is C27H35N3O5S. The van der Waals surface area contributed by atoms with Gasteiger partial charge in [0.25, 0.3) is 0 Å². The van der Waals surface area contributed by atoms with Crippen LogP contribution in [0.4, 0.5) is 0 Å². The van der Waals surface area contributed by atoms with Crippen molar-refractivity contribution >= 4 is 30.4 Å². The molecular weight excluding hydrogens is 478 g/mol. The molecule has 9 heteroatoms. The fourth-order valence-corrected chi connectivity index (χ4v) is 3.86. The minimum absolute atomic E-state index is 0.0324. The van der Waals surface area contributed by atoms with Gasteiger partial charge >= 0.3 is 5.97 Å². The first kappa shape index (κ1) is 29.1. The molecule has 0 saturated carbocycles. The number of likely N-dealkylation sites (N-methyl/N-ethyl adjacent to an activating group) is 1. The van der Waals surface area contributed by atoms with Gasteiger partial charge in [0.2, 0.25) is 11.8 Å². The van der Waals surface area contributed by atoms with E-state index in [0.717, 1.165) is 11.1 Å². The smallest absolute Gasteiger partial charge is 0.308 e. The Morgan fingerprint density at radius 3 is 2.03 bits per heavy atom. The van der Waals surface area contributed by atoms with Crippen molar-refractivity contribution in [1.82, 2.24) is 16.0 Å². The second-order valence-corrected chi connectivity index (χ2v) is 8.69. The molecule has 0 saturated heterocycles. The van der Waals surface area contributed by atoms with Gasteiger partial charge in [-0.2, -0.15) is 12.6 Å². The van der Waals surface area contributed by atoms with Gasteiger partial charge in [-0.25, -0.2) is 0 Å². The molecule has 2 aromatic rings. The number of carbonyl (C=O) groups excluding carboxylic acids is 3. The van der Waals surface area contributed by atoms with Gasteiger partial charge in [0.15, 0.2) is 0 Å². The second kappa shape index (κ2) is 15.8. The number of carbonyl (C=O) groups is 3. The average molecular weight is 514 g/mol. The maximum atomic E-state index is 13.1. The van der Waals surface area contributed by atoms with E-state index in [1.165, 1.54) is 6.08 Å². The zero-order chi connectivity index (χ0) is 26.3. The zero-order valence-electron chi connectivity index (χ0n) is 20.4. The van der Waals surface area contributed by atoms with E-state index in [2.05, 4.69) is 35.2 Å². The van der Waals surface area contributed by atoms with Crippen LogP contribution < -0.4 is 16.0 Å². The van der Waals surface area contributed by atoms with Crippen molar-refractivity contribution in [2.45, 2.75) is 43.5 Å². The summed E-state index contributed by atoms with van der Waals surface area (Å²) in [6, 6.07) is 16.6. The Balaban J connectivity index is 2.08. The highest BCUT2D eigenvalue weighted by molar-refractivity contribution is 7.80. The molecule has 0 unspecified atom stereocenters. The van der Waals surface area contributed by atoms with E-state index in [4.69, 9.17) is 4.74 Å². The van der Waals surface area contributed by atoms with E-state index < -0.39 is 36.1 Å². The van der Waals surface area contributed by atoms with E-state index in [0.29, 0.717) is 6.42 Å². The van der Waals surface area contributed by atoms with Gasteiger partial charge in [0.05, 0.1) is 24.6 Å². The Labute approximate surface area is 217 Å². The maximum Gasteiger partial charge on any atom is 0.308 e. The number of hydrogen-bond acceptors (Lipinski definition) is 7. The Morgan fingerprint density at radius 2 is 1.50 bits per heavy atom. The van der Waals surface area contributed by atoms with Gasteiger partial charge in [-0.15, -0.1) is 0 Å². The van der Waals surface area contributed by atoms with Gasteiger partial charge in [0, 0.05) is 5.75 Å². The standard InChI is InChI=1S/C27H35N3O5S/c1-3-14-35-25(32)17-24(31)21(15-19-10-6-4-7-11-19)29-27(34)23(18-36)30-26(33)22(28-2)16-20-12-8-5-9-13-20/h3-13,21-24,28,31,36H,1,14-18H2,2H3,(H,29,34)(H,30,33)/t21-,22-,23-,24+/m1/s1. The molecule has 2 aromatic carbocycles. The third-order valence-corrected chi connectivity index (χ3v) is 5.96. The summed E-state index contributed by atoms with van der Waals surface area (Å²) in [7, 11) is 1.68. The summed E-state index contributed by atoms with van der Waals surface area (Å²) in [6.45, 7) is 3.53. The number of aliphatic hydroxyl groups is 1. The molecule has 0 bridgehead atoms. The highest BCUT2D eigenvalue weighted by Crippen LogP contribution is 2.11. The lowest BCUT2D eigenvalue weighted by atomic mass is 9.98. The van der Waals surface area contributed by atoms with Crippen LogP contribution in [-0.4, -0.2) is 66.5 Å². The van der Waals surface area contributed by atoms with E-state index in [1.807, 2.05) is 60.7 Å². The van der Waals surface area contributed by atoms with Crippen LogP contribution in [0.1, 0.15) is 17.5 Å². The third-order valence-electron chi connectivity index (χ3n) is 5.59. The number of rotatable bonds is 15. The van der Waals surface area contributed by atoms with Crippen molar-refractivity contribution in [3.8, 4) is 0 Å². The SMILES string of the molecule is C=CCOC(=O)C[C@H](O)[C@@H](Cc1ccccc1)NC(=O)[C@@H](CS)NC(=O)[C@@H](Cc1ccccc1)NC. The van der Waals surface area contributed by atoms with Gasteiger partial charge in [0.1, 0.15) is 12.6 Å². The van der Waals surface area contributed by atoms with Crippen LogP contribution in [0.2, 0.25) is 0 Å². The summed E-state index contributed by atoms with van der Waals surface area (Å²) in [5.74, 6) is -1.41. The molecule has 194 valence electrons. The van der Waals surface area contributed by atoms with E-state index in [-0.39, 0.29) is 31.1 Å². The normalized spacial score (nSPS) is 14.1. The predicted molar refractivity (Wildman–Crippen MR) is 143 cm³/mol. The first-order chi connectivity index (χ1) is 17.4. The lowest BCUT2D eigenvalue weighted by Crippen LogP contribution is -2.57. The lowest BCUT2D eigenvalue weighted by Gasteiger charge is -2.27. The minimum Gasteiger partial charge on any atom is -0.461 e. The molecule has 0 aliphatic heterocycles. The molecule has 2 amide bonds. The molecule has 4 atom stereocenters. The number of aliphatic hydroxyl groups excluding tert-OH is 1. The molecule has 8 nitrogen and oxygen atoms in total. The second-order valence-electron chi connectivity index (χ2n) is 8.32. The van der Waals surface area contributed by atoms with Gasteiger partial charge in [-0.1, -0.05) is 73.3 Å². The number of nitrogens with one attached hydrogen (secondary N) is 3. The number of hydrogen-bond donors (Lipinski definition) is 5. The van der Waals surface area contributed by atoms with Crippen LogP contribution >= 0.6 is 12.6 Å². The van der Waals surface area contributed by atoms with Gasteiger partial charge in [-0.05, 0) is 31.0 Å². The Kier molecular flexibility index (Phi) is 12.7. The zero-order valence-corrected chi connectivity index (χ0v) is 21.3. The van der Waals surface area contributed by atoms with Crippen molar-refractivity contribution in [2.75, 3.05) is 19.4 Å². The Hall–Kier alpha value is -3.14. The fourth-order valence-electron chi connectivity index (χ4n) is 3.60.